The lowest BCUT2D eigenvalue weighted by molar-refractivity contribution is 1.21. The van der Waals surface area contributed by atoms with Gasteiger partial charge in [-0.2, -0.15) is 0 Å². The minimum Gasteiger partial charge on any atom is -0.397 e. The summed E-state index contributed by atoms with van der Waals surface area (Å²) in [6.45, 7) is 4.04. The van der Waals surface area contributed by atoms with Gasteiger partial charge in [0.2, 0.25) is 0 Å². The molecular formula is C13H14N2. The van der Waals surface area contributed by atoms with Gasteiger partial charge in [-0.15, -0.1) is 0 Å². The van der Waals surface area contributed by atoms with E-state index in [0.29, 0.717) is 0 Å². The average molecular weight is 198 g/mol. The molecule has 1 heterocycles. The summed E-state index contributed by atoms with van der Waals surface area (Å²) >= 11 is 0. The lowest BCUT2D eigenvalue weighted by Crippen LogP contribution is -1.95. The smallest absolute Gasteiger partial charge is 0.0934 e. The van der Waals surface area contributed by atoms with E-state index in [0.717, 1.165) is 22.6 Å². The highest BCUT2D eigenvalue weighted by atomic mass is 14.8. The first kappa shape index (κ1) is 9.71. The molecule has 0 saturated heterocycles. The van der Waals surface area contributed by atoms with Gasteiger partial charge in [0.25, 0.3) is 0 Å². The molecule has 0 aliphatic heterocycles. The molecule has 2 heteroatoms. The Labute approximate surface area is 89.8 Å². The zero-order valence-corrected chi connectivity index (χ0v) is 8.99. The van der Waals surface area contributed by atoms with Crippen LogP contribution in [0.25, 0.3) is 11.3 Å². The second-order valence-electron chi connectivity index (χ2n) is 3.76. The largest absolute Gasteiger partial charge is 0.397 e. The summed E-state index contributed by atoms with van der Waals surface area (Å²) in [6.07, 6.45) is 0. The maximum atomic E-state index is 5.91. The van der Waals surface area contributed by atoms with Gasteiger partial charge in [-0.25, -0.2) is 0 Å². The number of pyridine rings is 1. The maximum Gasteiger partial charge on any atom is 0.0934 e. The van der Waals surface area contributed by atoms with Gasteiger partial charge in [0.1, 0.15) is 0 Å². The van der Waals surface area contributed by atoms with Crippen LogP contribution in [-0.2, 0) is 0 Å². The second kappa shape index (κ2) is 3.73. The van der Waals surface area contributed by atoms with E-state index in [4.69, 9.17) is 5.73 Å². The summed E-state index contributed by atoms with van der Waals surface area (Å²) in [6, 6.07) is 12.0. The van der Waals surface area contributed by atoms with Gasteiger partial charge in [-0.05, 0) is 32.0 Å². The van der Waals surface area contributed by atoms with Gasteiger partial charge in [-0.1, -0.05) is 23.8 Å². The van der Waals surface area contributed by atoms with Crippen molar-refractivity contribution in [1.29, 1.82) is 0 Å². The van der Waals surface area contributed by atoms with Gasteiger partial charge >= 0.3 is 0 Å². The second-order valence-corrected chi connectivity index (χ2v) is 3.76. The van der Waals surface area contributed by atoms with Crippen molar-refractivity contribution in [2.75, 3.05) is 5.73 Å². The molecule has 0 aliphatic rings. The van der Waals surface area contributed by atoms with Crippen LogP contribution in [0.2, 0.25) is 0 Å². The summed E-state index contributed by atoms with van der Waals surface area (Å²) in [4.78, 5) is 4.46. The molecule has 1 aromatic carbocycles. The molecule has 15 heavy (non-hydrogen) atoms. The number of rotatable bonds is 1. The quantitative estimate of drug-likeness (QED) is 0.765. The molecule has 2 rings (SSSR count). The minimum absolute atomic E-state index is 0.728. The SMILES string of the molecule is Cc1cccc(-c2nc(C)ccc2N)c1. The molecule has 0 aliphatic carbocycles. The van der Waals surface area contributed by atoms with Gasteiger partial charge < -0.3 is 5.73 Å². The lowest BCUT2D eigenvalue weighted by atomic mass is 10.1. The van der Waals surface area contributed by atoms with Gasteiger partial charge in [-0.3, -0.25) is 4.98 Å². The number of aromatic nitrogens is 1. The van der Waals surface area contributed by atoms with Crippen LogP contribution in [0.4, 0.5) is 5.69 Å². The molecule has 0 saturated carbocycles. The zero-order chi connectivity index (χ0) is 10.8. The fraction of sp³-hybridized carbons (Fsp3) is 0.154. The highest BCUT2D eigenvalue weighted by Gasteiger charge is 2.04. The number of nitrogen functional groups attached to an aromatic ring is 1. The monoisotopic (exact) mass is 198 g/mol. The number of nitrogens with zero attached hydrogens (tertiary/aromatic N) is 1. The standard InChI is InChI=1S/C13H14N2/c1-9-4-3-5-11(8-9)13-12(14)7-6-10(2)15-13/h3-8H,14H2,1-2H3. The summed E-state index contributed by atoms with van der Waals surface area (Å²) in [5.41, 5.74) is 10.8. The Hall–Kier alpha value is -1.83. The van der Waals surface area contributed by atoms with Crippen molar-refractivity contribution in [2.45, 2.75) is 13.8 Å². The van der Waals surface area contributed by atoms with Crippen LogP contribution in [0.15, 0.2) is 36.4 Å². The third-order valence-electron chi connectivity index (χ3n) is 2.36. The van der Waals surface area contributed by atoms with Crippen LogP contribution in [0.3, 0.4) is 0 Å². The number of nitrogens with two attached hydrogens (primary N) is 1. The number of aryl methyl sites for hydroxylation is 2. The molecule has 0 spiro atoms. The fourth-order valence-corrected chi connectivity index (χ4v) is 1.59. The third kappa shape index (κ3) is 1.99. The fourth-order valence-electron chi connectivity index (χ4n) is 1.59. The van der Waals surface area contributed by atoms with Gasteiger partial charge in [0.05, 0.1) is 11.4 Å². The first-order chi connectivity index (χ1) is 7.16. The van der Waals surface area contributed by atoms with Crippen molar-refractivity contribution in [3.63, 3.8) is 0 Å². The molecule has 0 unspecified atom stereocenters. The molecule has 0 fully saturated rings. The van der Waals surface area contributed by atoms with Crippen LogP contribution < -0.4 is 5.73 Å². The summed E-state index contributed by atoms with van der Waals surface area (Å²) in [7, 11) is 0. The molecule has 2 aromatic rings. The van der Waals surface area contributed by atoms with Gasteiger partial charge in [0.15, 0.2) is 0 Å². The van der Waals surface area contributed by atoms with Crippen molar-refractivity contribution in [2.24, 2.45) is 0 Å². The molecular weight excluding hydrogens is 184 g/mol. The molecule has 0 bridgehead atoms. The average Bonchev–Trinajstić information content (AvgIpc) is 2.22. The Morgan fingerprint density at radius 3 is 2.60 bits per heavy atom. The summed E-state index contributed by atoms with van der Waals surface area (Å²) < 4.78 is 0. The predicted octanol–water partition coefficient (Wildman–Crippen LogP) is 2.95. The van der Waals surface area contributed by atoms with Crippen molar-refractivity contribution in [3.8, 4) is 11.3 Å². The van der Waals surface area contributed by atoms with E-state index in [1.165, 1.54) is 5.56 Å². The lowest BCUT2D eigenvalue weighted by Gasteiger charge is -2.06. The highest BCUT2D eigenvalue weighted by molar-refractivity contribution is 5.72. The summed E-state index contributed by atoms with van der Waals surface area (Å²) in [5, 5.41) is 0. The summed E-state index contributed by atoms with van der Waals surface area (Å²) in [5.74, 6) is 0. The normalized spacial score (nSPS) is 10.3. The minimum atomic E-state index is 0.728. The molecule has 2 nitrogen and oxygen atoms in total. The molecule has 0 atom stereocenters. The van der Waals surface area contributed by atoms with Crippen molar-refractivity contribution < 1.29 is 0 Å². The van der Waals surface area contributed by atoms with Crippen LogP contribution in [0.1, 0.15) is 11.3 Å². The van der Waals surface area contributed by atoms with Gasteiger partial charge in [0, 0.05) is 11.3 Å². The topological polar surface area (TPSA) is 38.9 Å². The van der Waals surface area contributed by atoms with E-state index < -0.39 is 0 Å². The molecule has 0 amide bonds. The van der Waals surface area contributed by atoms with Crippen LogP contribution in [-0.4, -0.2) is 4.98 Å². The van der Waals surface area contributed by atoms with Crippen molar-refractivity contribution in [3.05, 3.63) is 47.7 Å². The maximum absolute atomic E-state index is 5.91. The Morgan fingerprint density at radius 2 is 1.87 bits per heavy atom. The molecule has 2 N–H and O–H groups in total. The van der Waals surface area contributed by atoms with E-state index in [-0.39, 0.29) is 0 Å². The van der Waals surface area contributed by atoms with E-state index >= 15 is 0 Å². The number of benzene rings is 1. The zero-order valence-electron chi connectivity index (χ0n) is 8.99. The number of hydrogen-bond donors (Lipinski definition) is 1. The third-order valence-corrected chi connectivity index (χ3v) is 2.36. The molecule has 0 radical (unpaired) electrons. The Morgan fingerprint density at radius 1 is 1.07 bits per heavy atom. The number of hydrogen-bond acceptors (Lipinski definition) is 2. The van der Waals surface area contributed by atoms with Crippen LogP contribution >= 0.6 is 0 Å². The van der Waals surface area contributed by atoms with Crippen LogP contribution in [0.5, 0.6) is 0 Å². The van der Waals surface area contributed by atoms with Crippen molar-refractivity contribution in [1.82, 2.24) is 4.98 Å². The predicted molar refractivity (Wildman–Crippen MR) is 63.6 cm³/mol. The highest BCUT2D eigenvalue weighted by Crippen LogP contribution is 2.24. The molecule has 76 valence electrons. The van der Waals surface area contributed by atoms with E-state index in [2.05, 4.69) is 24.0 Å². The van der Waals surface area contributed by atoms with E-state index in [1.807, 2.05) is 31.2 Å². The Bertz CT molecular complexity index is 490. The van der Waals surface area contributed by atoms with E-state index in [1.54, 1.807) is 0 Å². The van der Waals surface area contributed by atoms with Crippen molar-refractivity contribution >= 4 is 5.69 Å². The first-order valence-corrected chi connectivity index (χ1v) is 4.97. The molecule has 1 aromatic heterocycles. The Kier molecular flexibility index (Phi) is 2.42. The van der Waals surface area contributed by atoms with Crippen LogP contribution in [0, 0.1) is 13.8 Å². The number of anilines is 1. The Balaban J connectivity index is 2.58. The first-order valence-electron chi connectivity index (χ1n) is 4.97. The van der Waals surface area contributed by atoms with E-state index in [9.17, 15) is 0 Å².